The molecule has 29 heavy (non-hydrogen) atoms. The lowest BCUT2D eigenvalue weighted by Gasteiger charge is -2.28. The number of phenolic OH excluding ortho intramolecular Hbond substituents is 1. The number of hydrogen-bond donors (Lipinski definition) is 2. The fourth-order valence-corrected chi connectivity index (χ4v) is 3.75. The Morgan fingerprint density at radius 2 is 1.97 bits per heavy atom. The summed E-state index contributed by atoms with van der Waals surface area (Å²) < 4.78 is 13.2. The van der Waals surface area contributed by atoms with Crippen LogP contribution in [0.5, 0.6) is 17.4 Å². The number of aromatic nitrogens is 2. The highest BCUT2D eigenvalue weighted by Gasteiger charge is 2.32. The van der Waals surface area contributed by atoms with Crippen LogP contribution in [0.3, 0.4) is 0 Å². The van der Waals surface area contributed by atoms with E-state index in [2.05, 4.69) is 29.2 Å². The topological polar surface area (TPSA) is 84.3 Å². The third-order valence-corrected chi connectivity index (χ3v) is 5.21. The predicted molar refractivity (Wildman–Crippen MR) is 106 cm³/mol. The normalized spacial score (nSPS) is 14.7. The van der Waals surface area contributed by atoms with Crippen molar-refractivity contribution in [1.29, 1.82) is 5.41 Å². The van der Waals surface area contributed by atoms with Crippen LogP contribution in [0.1, 0.15) is 33.9 Å². The Morgan fingerprint density at radius 3 is 2.72 bits per heavy atom. The molecule has 1 atom stereocenters. The van der Waals surface area contributed by atoms with Gasteiger partial charge in [0.2, 0.25) is 5.88 Å². The Morgan fingerprint density at radius 1 is 1.14 bits per heavy atom. The minimum absolute atomic E-state index is 0.129. The molecule has 0 fully saturated rings. The van der Waals surface area contributed by atoms with E-state index in [1.54, 1.807) is 29.3 Å². The molecule has 0 radical (unpaired) electrons. The van der Waals surface area contributed by atoms with Crippen molar-refractivity contribution in [2.75, 3.05) is 0 Å². The molecule has 144 valence electrons. The summed E-state index contributed by atoms with van der Waals surface area (Å²) in [6.07, 6.45) is 3.20. The van der Waals surface area contributed by atoms with Gasteiger partial charge in [0, 0.05) is 17.5 Å². The molecule has 2 aromatic heterocycles. The Hall–Kier alpha value is -3.80. The lowest BCUT2D eigenvalue weighted by atomic mass is 9.83. The largest absolute Gasteiger partial charge is 0.508 e. The number of aryl methyl sites for hydroxylation is 1. The van der Waals surface area contributed by atoms with E-state index < -0.39 is 0 Å². The zero-order valence-corrected chi connectivity index (χ0v) is 15.8. The molecule has 1 aliphatic heterocycles. The van der Waals surface area contributed by atoms with Crippen molar-refractivity contribution in [1.82, 2.24) is 9.55 Å². The van der Waals surface area contributed by atoms with Crippen LogP contribution in [-0.4, -0.2) is 14.7 Å². The van der Waals surface area contributed by atoms with Gasteiger partial charge in [-0.15, -0.1) is 0 Å². The summed E-state index contributed by atoms with van der Waals surface area (Å²) in [6, 6.07) is 17.0. The second-order valence-electron chi connectivity index (χ2n) is 7.19. The van der Waals surface area contributed by atoms with Gasteiger partial charge < -0.3 is 18.8 Å². The zero-order chi connectivity index (χ0) is 20.0. The second-order valence-corrected chi connectivity index (χ2v) is 7.19. The van der Waals surface area contributed by atoms with Crippen LogP contribution in [0, 0.1) is 12.3 Å². The highest BCUT2D eigenvalue weighted by molar-refractivity contribution is 5.57. The molecule has 0 spiro atoms. The molecule has 4 aromatic rings. The minimum atomic E-state index is -0.223. The van der Waals surface area contributed by atoms with Crippen LogP contribution in [-0.2, 0) is 6.54 Å². The van der Waals surface area contributed by atoms with Crippen molar-refractivity contribution in [3.63, 3.8) is 0 Å². The molecule has 1 aliphatic rings. The molecule has 0 unspecified atom stereocenters. The van der Waals surface area contributed by atoms with Crippen LogP contribution in [0.4, 0.5) is 0 Å². The minimum Gasteiger partial charge on any atom is -0.508 e. The van der Waals surface area contributed by atoms with Crippen molar-refractivity contribution in [2.45, 2.75) is 19.4 Å². The third kappa shape index (κ3) is 2.99. The number of fused-ring (bicyclic) bond motifs is 2. The van der Waals surface area contributed by atoms with E-state index in [0.717, 1.165) is 22.5 Å². The Balaban J connectivity index is 1.71. The van der Waals surface area contributed by atoms with Crippen molar-refractivity contribution in [2.24, 2.45) is 0 Å². The third-order valence-electron chi connectivity index (χ3n) is 5.21. The number of rotatable bonds is 3. The number of aromatic hydroxyl groups is 1. The van der Waals surface area contributed by atoms with Crippen LogP contribution in [0.15, 0.2) is 71.6 Å². The molecule has 0 amide bonds. The van der Waals surface area contributed by atoms with Gasteiger partial charge in [-0.25, -0.2) is 4.98 Å². The molecular formula is C23H19N3O3. The highest BCUT2D eigenvalue weighted by atomic mass is 16.5. The predicted octanol–water partition coefficient (Wildman–Crippen LogP) is 4.30. The first-order valence-electron chi connectivity index (χ1n) is 9.34. The summed E-state index contributed by atoms with van der Waals surface area (Å²) in [5.74, 6) is 1.59. The van der Waals surface area contributed by atoms with Crippen LogP contribution in [0.25, 0.3) is 0 Å². The maximum Gasteiger partial charge on any atom is 0.228 e. The number of furan rings is 1. The number of hydrogen-bond acceptors (Lipinski definition) is 5. The van der Waals surface area contributed by atoms with Gasteiger partial charge in [-0.3, -0.25) is 5.41 Å². The first kappa shape index (κ1) is 17.3. The maximum absolute atomic E-state index is 9.92. The lowest BCUT2D eigenvalue weighted by Crippen LogP contribution is -2.30. The fourth-order valence-electron chi connectivity index (χ4n) is 3.75. The molecule has 5 rings (SSSR count). The smallest absolute Gasteiger partial charge is 0.228 e. The summed E-state index contributed by atoms with van der Waals surface area (Å²) in [5, 5.41) is 18.8. The summed E-state index contributed by atoms with van der Waals surface area (Å²) in [7, 11) is 0. The van der Waals surface area contributed by atoms with E-state index in [1.807, 2.05) is 25.1 Å². The molecule has 6 nitrogen and oxygen atoms in total. The quantitative estimate of drug-likeness (QED) is 0.485. The standard InChI is InChI=1S/C23H19N3O3/c1-14-4-6-15(7-5-14)20-18-9-8-16(27)11-19(18)29-23-21(20)22(24)26(13-25-23)12-17-3-2-10-28-17/h2-11,13,20,24,27H,12H2,1H3/t20-/m0/s1. The molecule has 6 heteroatoms. The summed E-state index contributed by atoms with van der Waals surface area (Å²) >= 11 is 0. The SMILES string of the molecule is Cc1ccc([C@H]2c3ccc(O)cc3Oc3ncn(Cc4ccco4)c(=N)c32)cc1. The first-order valence-corrected chi connectivity index (χ1v) is 9.34. The van der Waals surface area contributed by atoms with E-state index in [0.29, 0.717) is 29.2 Å². The van der Waals surface area contributed by atoms with Gasteiger partial charge >= 0.3 is 0 Å². The van der Waals surface area contributed by atoms with Gasteiger partial charge in [-0.05, 0) is 30.7 Å². The molecule has 0 aliphatic carbocycles. The van der Waals surface area contributed by atoms with Gasteiger partial charge in [0.05, 0.1) is 18.4 Å². The maximum atomic E-state index is 9.92. The zero-order valence-electron chi connectivity index (χ0n) is 15.8. The van der Waals surface area contributed by atoms with E-state index in [1.165, 1.54) is 0 Å². The van der Waals surface area contributed by atoms with Crippen molar-refractivity contribution in [3.05, 3.63) is 101 Å². The monoisotopic (exact) mass is 385 g/mol. The Kier molecular flexibility index (Phi) is 3.98. The molecule has 0 bridgehead atoms. The molecule has 0 saturated carbocycles. The molecule has 0 saturated heterocycles. The Bertz CT molecular complexity index is 1240. The second kappa shape index (κ2) is 6.67. The van der Waals surface area contributed by atoms with Gasteiger partial charge in [0.25, 0.3) is 0 Å². The van der Waals surface area contributed by atoms with E-state index >= 15 is 0 Å². The van der Waals surface area contributed by atoms with Crippen LogP contribution < -0.4 is 10.2 Å². The first-order chi connectivity index (χ1) is 14.1. The van der Waals surface area contributed by atoms with Crippen molar-refractivity contribution >= 4 is 0 Å². The van der Waals surface area contributed by atoms with Crippen molar-refractivity contribution in [3.8, 4) is 17.4 Å². The lowest BCUT2D eigenvalue weighted by molar-refractivity contribution is 0.411. The van der Waals surface area contributed by atoms with Crippen LogP contribution in [0.2, 0.25) is 0 Å². The molecule has 3 heterocycles. The van der Waals surface area contributed by atoms with E-state index in [9.17, 15) is 5.11 Å². The van der Waals surface area contributed by atoms with Gasteiger partial charge in [0.15, 0.2) is 0 Å². The Labute approximate surface area is 167 Å². The number of benzene rings is 2. The number of nitrogens with one attached hydrogen (secondary N) is 1. The van der Waals surface area contributed by atoms with Crippen molar-refractivity contribution < 1.29 is 14.3 Å². The molecule has 2 N–H and O–H groups in total. The summed E-state index contributed by atoms with van der Waals surface area (Å²) in [5.41, 5.74) is 4.11. The fraction of sp³-hybridized carbons (Fsp3) is 0.130. The number of phenols is 1. The average molecular weight is 385 g/mol. The molecule has 2 aromatic carbocycles. The van der Waals surface area contributed by atoms with E-state index in [-0.39, 0.29) is 11.7 Å². The van der Waals surface area contributed by atoms with Crippen LogP contribution >= 0.6 is 0 Å². The molecular weight excluding hydrogens is 366 g/mol. The highest BCUT2D eigenvalue weighted by Crippen LogP contribution is 2.45. The number of nitrogens with zero attached hydrogens (tertiary/aromatic N) is 2. The van der Waals surface area contributed by atoms with Gasteiger partial charge in [-0.2, -0.15) is 0 Å². The van der Waals surface area contributed by atoms with Gasteiger partial charge in [0.1, 0.15) is 29.1 Å². The van der Waals surface area contributed by atoms with E-state index in [4.69, 9.17) is 14.6 Å². The summed E-state index contributed by atoms with van der Waals surface area (Å²) in [4.78, 5) is 4.48. The summed E-state index contributed by atoms with van der Waals surface area (Å²) in [6.45, 7) is 2.46. The number of ether oxygens (including phenoxy) is 1. The van der Waals surface area contributed by atoms with Gasteiger partial charge in [-0.1, -0.05) is 35.9 Å². The average Bonchev–Trinajstić information content (AvgIpc) is 3.22.